The quantitative estimate of drug-likeness (QED) is 0.685. The summed E-state index contributed by atoms with van der Waals surface area (Å²) in [6, 6.07) is 3.71. The highest BCUT2D eigenvalue weighted by Crippen LogP contribution is 2.25. The number of nitrogens with one attached hydrogen (secondary N) is 1. The highest BCUT2D eigenvalue weighted by molar-refractivity contribution is 6.08. The molecule has 1 N–H and O–H groups in total. The van der Waals surface area contributed by atoms with Gasteiger partial charge in [0.1, 0.15) is 11.4 Å². The molecule has 7 heteroatoms. The highest BCUT2D eigenvalue weighted by atomic mass is 16.1. The Morgan fingerprint density at radius 1 is 1.31 bits per heavy atom. The molecule has 0 radical (unpaired) electrons. The number of hydrogen-bond donors (Lipinski definition) is 1. The summed E-state index contributed by atoms with van der Waals surface area (Å²) >= 11 is 0. The fraction of sp³-hybridized carbons (Fsp3) is 0.464. The van der Waals surface area contributed by atoms with E-state index in [0.29, 0.717) is 23.0 Å². The Hall–Kier alpha value is -3.19. The fourth-order valence-electron chi connectivity index (χ4n) is 4.56. The van der Waals surface area contributed by atoms with Crippen molar-refractivity contribution in [3.63, 3.8) is 0 Å². The molecule has 0 saturated carbocycles. The number of aromatic nitrogens is 2. The minimum Gasteiger partial charge on any atom is -0.367 e. The summed E-state index contributed by atoms with van der Waals surface area (Å²) in [7, 11) is 0. The lowest BCUT2D eigenvalue weighted by molar-refractivity contribution is 0.353. The van der Waals surface area contributed by atoms with Crippen LogP contribution in [0.1, 0.15) is 59.2 Å². The minimum absolute atomic E-state index is 0.0229. The summed E-state index contributed by atoms with van der Waals surface area (Å²) in [6.07, 6.45) is 6.96. The van der Waals surface area contributed by atoms with Crippen molar-refractivity contribution in [1.82, 2.24) is 19.7 Å². The first-order valence-electron chi connectivity index (χ1n) is 12.5. The first-order valence-corrected chi connectivity index (χ1v) is 12.5. The number of hydrogen-bond acceptors (Lipinski definition) is 6. The van der Waals surface area contributed by atoms with Gasteiger partial charge in [0.05, 0.1) is 17.1 Å². The van der Waals surface area contributed by atoms with Crippen LogP contribution in [0.5, 0.6) is 0 Å². The summed E-state index contributed by atoms with van der Waals surface area (Å²) in [5.41, 5.74) is 6.86. The van der Waals surface area contributed by atoms with Crippen molar-refractivity contribution in [2.24, 2.45) is 11.0 Å². The Labute approximate surface area is 208 Å². The third kappa shape index (κ3) is 5.10. The first-order chi connectivity index (χ1) is 16.5. The molecule has 4 heterocycles. The maximum absolute atomic E-state index is 13.3. The van der Waals surface area contributed by atoms with Crippen molar-refractivity contribution in [2.45, 2.75) is 60.4 Å². The largest absolute Gasteiger partial charge is 0.367 e. The molecule has 1 saturated heterocycles. The average Bonchev–Trinajstić information content (AvgIpc) is 2.80. The van der Waals surface area contributed by atoms with Crippen LogP contribution in [0, 0.1) is 12.8 Å². The maximum Gasteiger partial charge on any atom is 0.258 e. The van der Waals surface area contributed by atoms with Gasteiger partial charge in [-0.1, -0.05) is 26.0 Å². The molecule has 2 aromatic heterocycles. The van der Waals surface area contributed by atoms with E-state index in [4.69, 9.17) is 10.1 Å². The summed E-state index contributed by atoms with van der Waals surface area (Å²) in [5.74, 6) is 0.453. The molecule has 0 amide bonds. The summed E-state index contributed by atoms with van der Waals surface area (Å²) in [6.45, 7) is 21.8. The van der Waals surface area contributed by atoms with Crippen LogP contribution in [0.25, 0.3) is 5.65 Å². The van der Waals surface area contributed by atoms with Crippen LogP contribution >= 0.6 is 0 Å². The predicted molar refractivity (Wildman–Crippen MR) is 145 cm³/mol. The number of anilines is 1. The molecule has 2 aliphatic heterocycles. The molecule has 4 rings (SSSR count). The molecule has 7 nitrogen and oxygen atoms in total. The second kappa shape index (κ2) is 9.46. The molecule has 0 spiro atoms. The maximum atomic E-state index is 13.3. The topological polar surface area (TPSA) is 65.2 Å². The van der Waals surface area contributed by atoms with Crippen molar-refractivity contribution >= 4 is 17.0 Å². The molecular formula is C28H38N6O. The minimum atomic E-state index is -0.111. The van der Waals surface area contributed by atoms with Gasteiger partial charge in [0.15, 0.2) is 0 Å². The molecular weight excluding hydrogens is 436 g/mol. The number of hydrazone groups is 1. The van der Waals surface area contributed by atoms with Gasteiger partial charge in [-0.25, -0.2) is 9.99 Å². The van der Waals surface area contributed by atoms with E-state index in [0.717, 1.165) is 48.6 Å². The Morgan fingerprint density at radius 3 is 2.74 bits per heavy atom. The van der Waals surface area contributed by atoms with Crippen molar-refractivity contribution in [3.8, 4) is 0 Å². The zero-order chi connectivity index (χ0) is 25.5. The van der Waals surface area contributed by atoms with Crippen LogP contribution in [0.3, 0.4) is 0 Å². The predicted octanol–water partition coefficient (Wildman–Crippen LogP) is 4.62. The van der Waals surface area contributed by atoms with E-state index in [1.54, 1.807) is 10.5 Å². The normalized spacial score (nSPS) is 19.6. The van der Waals surface area contributed by atoms with Crippen molar-refractivity contribution in [2.75, 3.05) is 24.5 Å². The lowest BCUT2D eigenvalue weighted by atomic mass is 10.0. The lowest BCUT2D eigenvalue weighted by Crippen LogP contribution is -2.57. The number of nitrogens with zero attached hydrogens (tertiary/aromatic N) is 5. The van der Waals surface area contributed by atoms with Gasteiger partial charge in [-0.2, -0.15) is 5.10 Å². The fourth-order valence-corrected chi connectivity index (χ4v) is 4.56. The van der Waals surface area contributed by atoms with E-state index in [1.807, 2.05) is 37.3 Å². The highest BCUT2D eigenvalue weighted by Gasteiger charge is 2.26. The molecule has 0 bridgehead atoms. The van der Waals surface area contributed by atoms with Gasteiger partial charge in [-0.05, 0) is 70.2 Å². The Balaban J connectivity index is 1.75. The van der Waals surface area contributed by atoms with Gasteiger partial charge in [0.25, 0.3) is 5.56 Å². The van der Waals surface area contributed by atoms with E-state index in [1.165, 1.54) is 5.57 Å². The molecule has 0 aliphatic carbocycles. The molecule has 2 aliphatic rings. The van der Waals surface area contributed by atoms with Crippen molar-refractivity contribution < 1.29 is 0 Å². The zero-order valence-corrected chi connectivity index (χ0v) is 22.1. The van der Waals surface area contributed by atoms with Crippen LogP contribution in [0.4, 0.5) is 5.69 Å². The van der Waals surface area contributed by atoms with Crippen LogP contribution in [-0.4, -0.2) is 45.3 Å². The smallest absolute Gasteiger partial charge is 0.258 e. The SMILES string of the molecule is C=C1C(C)=CC(c2cc(=O)n3cc(N4CCNC(C)(C)C4)cc(C)c3n2)=NN1/C=C(/C)C(C)CC. The lowest BCUT2D eigenvalue weighted by Gasteiger charge is -2.40. The van der Waals surface area contributed by atoms with Gasteiger partial charge in [-0.15, -0.1) is 0 Å². The molecule has 1 unspecified atom stereocenters. The zero-order valence-electron chi connectivity index (χ0n) is 22.1. The van der Waals surface area contributed by atoms with Gasteiger partial charge in [0, 0.05) is 43.6 Å². The number of fused-ring (bicyclic) bond motifs is 1. The molecule has 2 aromatic rings. The monoisotopic (exact) mass is 474 g/mol. The third-order valence-electron chi connectivity index (χ3n) is 7.15. The van der Waals surface area contributed by atoms with E-state index in [2.05, 4.69) is 57.5 Å². The van der Waals surface area contributed by atoms with Gasteiger partial charge < -0.3 is 10.2 Å². The van der Waals surface area contributed by atoms with Gasteiger partial charge >= 0.3 is 0 Å². The first kappa shape index (κ1) is 24.9. The number of pyridine rings is 1. The van der Waals surface area contributed by atoms with Gasteiger partial charge in [-0.3, -0.25) is 9.20 Å². The van der Waals surface area contributed by atoms with Crippen LogP contribution in [0.15, 0.2) is 63.9 Å². The van der Waals surface area contributed by atoms with E-state index < -0.39 is 0 Å². The second-order valence-electron chi connectivity index (χ2n) is 10.6. The van der Waals surface area contributed by atoms with Crippen LogP contribution in [-0.2, 0) is 0 Å². The Morgan fingerprint density at radius 2 is 2.06 bits per heavy atom. The second-order valence-corrected chi connectivity index (χ2v) is 10.6. The molecule has 35 heavy (non-hydrogen) atoms. The third-order valence-corrected chi connectivity index (χ3v) is 7.15. The standard InChI is InChI=1S/C28H38N6O/c1-9-18(2)21(5)15-34-22(6)19(3)13-25(31-34)24-14-26(35)33-16-23(12-20(4)27(33)30-24)32-11-10-29-28(7,8)17-32/h12-16,18,29H,6,9-11,17H2,1-5,7-8H3/b21-15-. The van der Waals surface area contributed by atoms with E-state index in [-0.39, 0.29) is 11.1 Å². The van der Waals surface area contributed by atoms with Crippen LogP contribution < -0.4 is 15.8 Å². The molecule has 0 aromatic carbocycles. The number of rotatable bonds is 5. The number of aryl methyl sites for hydroxylation is 1. The summed E-state index contributed by atoms with van der Waals surface area (Å²) < 4.78 is 1.66. The molecule has 186 valence electrons. The average molecular weight is 475 g/mol. The number of piperazine rings is 1. The van der Waals surface area contributed by atoms with Crippen LogP contribution in [0.2, 0.25) is 0 Å². The Kier molecular flexibility index (Phi) is 6.73. The van der Waals surface area contributed by atoms with E-state index >= 15 is 0 Å². The summed E-state index contributed by atoms with van der Waals surface area (Å²) in [5, 5.41) is 10.2. The van der Waals surface area contributed by atoms with Crippen molar-refractivity contribution in [3.05, 3.63) is 75.6 Å². The molecule has 1 atom stereocenters. The molecule has 1 fully saturated rings. The van der Waals surface area contributed by atoms with Crippen molar-refractivity contribution in [1.29, 1.82) is 0 Å². The number of allylic oxidation sites excluding steroid dienone is 3. The van der Waals surface area contributed by atoms with E-state index in [9.17, 15) is 4.79 Å². The summed E-state index contributed by atoms with van der Waals surface area (Å²) in [4.78, 5) is 20.5. The Bertz CT molecular complexity index is 1310. The van der Waals surface area contributed by atoms with Gasteiger partial charge in [0.2, 0.25) is 0 Å².